The average molecular weight is 256 g/mol. The SMILES string of the molecule is CCCCc1c(C(F)(F)F)ccc2c1CCC2=O. The molecule has 0 spiro atoms. The van der Waals surface area contributed by atoms with E-state index in [9.17, 15) is 18.0 Å². The maximum atomic E-state index is 13.0. The molecule has 1 aliphatic rings. The highest BCUT2D eigenvalue weighted by atomic mass is 19.4. The standard InChI is InChI=1S/C14H15F3O/c1-2-3-4-10-9-6-8-13(18)11(9)5-7-12(10)14(15,16)17/h5,7H,2-4,6,8H2,1H3. The number of carbonyl (C=O) groups excluding carboxylic acids is 1. The number of rotatable bonds is 3. The third-order valence-corrected chi connectivity index (χ3v) is 3.42. The zero-order chi connectivity index (χ0) is 13.3. The summed E-state index contributed by atoms with van der Waals surface area (Å²) >= 11 is 0. The van der Waals surface area contributed by atoms with E-state index in [-0.39, 0.29) is 5.78 Å². The summed E-state index contributed by atoms with van der Waals surface area (Å²) in [6, 6.07) is 2.40. The van der Waals surface area contributed by atoms with Crippen LogP contribution < -0.4 is 0 Å². The summed E-state index contributed by atoms with van der Waals surface area (Å²) in [6.45, 7) is 1.95. The van der Waals surface area contributed by atoms with Gasteiger partial charge in [0, 0.05) is 12.0 Å². The van der Waals surface area contributed by atoms with Crippen LogP contribution >= 0.6 is 0 Å². The lowest BCUT2D eigenvalue weighted by atomic mass is 9.93. The molecule has 0 heterocycles. The second-order valence-electron chi connectivity index (χ2n) is 4.64. The Bertz CT molecular complexity index is 475. The first-order chi connectivity index (χ1) is 8.45. The van der Waals surface area contributed by atoms with Gasteiger partial charge in [-0.3, -0.25) is 4.79 Å². The predicted octanol–water partition coefficient (Wildman–Crippen LogP) is 4.18. The highest BCUT2D eigenvalue weighted by Gasteiger charge is 2.36. The second-order valence-corrected chi connectivity index (χ2v) is 4.64. The number of fused-ring (bicyclic) bond motifs is 1. The van der Waals surface area contributed by atoms with Crippen molar-refractivity contribution in [3.63, 3.8) is 0 Å². The molecule has 0 N–H and O–H groups in total. The largest absolute Gasteiger partial charge is 0.416 e. The summed E-state index contributed by atoms with van der Waals surface area (Å²) in [4.78, 5) is 11.6. The van der Waals surface area contributed by atoms with Crippen LogP contribution in [-0.2, 0) is 19.0 Å². The van der Waals surface area contributed by atoms with Crippen LogP contribution in [0.3, 0.4) is 0 Å². The van der Waals surface area contributed by atoms with E-state index in [2.05, 4.69) is 0 Å². The van der Waals surface area contributed by atoms with Crippen molar-refractivity contribution in [2.75, 3.05) is 0 Å². The van der Waals surface area contributed by atoms with Gasteiger partial charge in [0.2, 0.25) is 0 Å². The van der Waals surface area contributed by atoms with Gasteiger partial charge in [-0.2, -0.15) is 13.2 Å². The lowest BCUT2D eigenvalue weighted by molar-refractivity contribution is -0.138. The number of halogens is 3. The molecule has 0 bridgehead atoms. The van der Waals surface area contributed by atoms with E-state index < -0.39 is 11.7 Å². The van der Waals surface area contributed by atoms with Gasteiger partial charge in [0.25, 0.3) is 0 Å². The third kappa shape index (κ3) is 2.28. The Morgan fingerprint density at radius 1 is 1.22 bits per heavy atom. The van der Waals surface area contributed by atoms with Crippen LogP contribution in [-0.4, -0.2) is 5.78 Å². The molecule has 0 fully saturated rings. The second kappa shape index (κ2) is 4.75. The van der Waals surface area contributed by atoms with Crippen molar-refractivity contribution in [2.24, 2.45) is 0 Å². The minimum absolute atomic E-state index is 0.0310. The van der Waals surface area contributed by atoms with Gasteiger partial charge in [0.05, 0.1) is 5.56 Å². The van der Waals surface area contributed by atoms with E-state index in [1.165, 1.54) is 6.07 Å². The monoisotopic (exact) mass is 256 g/mol. The Balaban J connectivity index is 2.52. The minimum Gasteiger partial charge on any atom is -0.294 e. The van der Waals surface area contributed by atoms with Gasteiger partial charge in [-0.1, -0.05) is 19.4 Å². The van der Waals surface area contributed by atoms with Crippen molar-refractivity contribution in [1.82, 2.24) is 0 Å². The fourth-order valence-corrected chi connectivity index (χ4v) is 2.52. The third-order valence-electron chi connectivity index (χ3n) is 3.42. The fourth-order valence-electron chi connectivity index (χ4n) is 2.52. The van der Waals surface area contributed by atoms with Crippen molar-refractivity contribution in [1.29, 1.82) is 0 Å². The molecule has 1 nitrogen and oxygen atoms in total. The molecule has 98 valence electrons. The highest BCUT2D eigenvalue weighted by Crippen LogP contribution is 2.37. The van der Waals surface area contributed by atoms with Crippen molar-refractivity contribution in [2.45, 2.75) is 45.2 Å². The number of ketones is 1. The van der Waals surface area contributed by atoms with E-state index in [4.69, 9.17) is 0 Å². The van der Waals surface area contributed by atoms with Gasteiger partial charge in [-0.05, 0) is 36.5 Å². The Hall–Kier alpha value is -1.32. The number of benzene rings is 1. The molecule has 1 aliphatic carbocycles. The van der Waals surface area contributed by atoms with Crippen molar-refractivity contribution < 1.29 is 18.0 Å². The van der Waals surface area contributed by atoms with Crippen LogP contribution in [0.4, 0.5) is 13.2 Å². The van der Waals surface area contributed by atoms with Crippen molar-refractivity contribution >= 4 is 5.78 Å². The fraction of sp³-hybridized carbons (Fsp3) is 0.500. The Labute approximate surface area is 104 Å². The van der Waals surface area contributed by atoms with Crippen LogP contribution in [0.25, 0.3) is 0 Å². The molecule has 0 aliphatic heterocycles. The molecule has 18 heavy (non-hydrogen) atoms. The molecule has 2 rings (SSSR count). The van der Waals surface area contributed by atoms with Crippen LogP contribution in [0.5, 0.6) is 0 Å². The van der Waals surface area contributed by atoms with Gasteiger partial charge >= 0.3 is 6.18 Å². The maximum Gasteiger partial charge on any atom is 0.416 e. The van der Waals surface area contributed by atoms with E-state index in [1.807, 2.05) is 6.92 Å². The van der Waals surface area contributed by atoms with Crippen LogP contribution in [0.15, 0.2) is 12.1 Å². The van der Waals surface area contributed by atoms with E-state index >= 15 is 0 Å². The van der Waals surface area contributed by atoms with Crippen LogP contribution in [0, 0.1) is 0 Å². The highest BCUT2D eigenvalue weighted by molar-refractivity contribution is 6.00. The summed E-state index contributed by atoms with van der Waals surface area (Å²) in [5.41, 5.74) is 0.898. The summed E-state index contributed by atoms with van der Waals surface area (Å²) in [6.07, 6.45) is -1.57. The summed E-state index contributed by atoms with van der Waals surface area (Å²) in [7, 11) is 0. The number of alkyl halides is 3. The molecule has 1 aromatic carbocycles. The number of carbonyl (C=O) groups is 1. The molecule has 0 unspecified atom stereocenters. The van der Waals surface area contributed by atoms with Gasteiger partial charge in [0.1, 0.15) is 0 Å². The minimum atomic E-state index is -4.33. The zero-order valence-electron chi connectivity index (χ0n) is 10.2. The predicted molar refractivity (Wildman–Crippen MR) is 62.7 cm³/mol. The summed E-state index contributed by atoms with van der Waals surface area (Å²) in [5, 5.41) is 0. The molecule has 0 saturated heterocycles. The molecule has 1 aromatic rings. The normalized spacial score (nSPS) is 15.0. The van der Waals surface area contributed by atoms with Crippen LogP contribution in [0.1, 0.15) is 53.2 Å². The first kappa shape index (κ1) is 13.1. The number of Topliss-reactive ketones (excluding diaryl/α,β-unsaturated/α-hetero) is 1. The zero-order valence-corrected chi connectivity index (χ0v) is 10.2. The van der Waals surface area contributed by atoms with E-state index in [0.717, 1.165) is 12.5 Å². The van der Waals surface area contributed by atoms with Crippen molar-refractivity contribution in [3.05, 3.63) is 34.4 Å². The Kier molecular flexibility index (Phi) is 3.46. The molecule has 4 heteroatoms. The quantitative estimate of drug-likeness (QED) is 0.793. The Morgan fingerprint density at radius 3 is 2.56 bits per heavy atom. The van der Waals surface area contributed by atoms with Gasteiger partial charge in [-0.15, -0.1) is 0 Å². The van der Waals surface area contributed by atoms with Crippen LogP contribution in [0.2, 0.25) is 0 Å². The van der Waals surface area contributed by atoms with Crippen molar-refractivity contribution in [3.8, 4) is 0 Å². The lowest BCUT2D eigenvalue weighted by Gasteiger charge is -2.16. The number of hydrogen-bond acceptors (Lipinski definition) is 1. The molecule has 0 saturated carbocycles. The smallest absolute Gasteiger partial charge is 0.294 e. The van der Waals surface area contributed by atoms with E-state index in [0.29, 0.717) is 42.4 Å². The van der Waals surface area contributed by atoms with Gasteiger partial charge < -0.3 is 0 Å². The maximum absolute atomic E-state index is 13.0. The van der Waals surface area contributed by atoms with Gasteiger partial charge in [-0.25, -0.2) is 0 Å². The number of hydrogen-bond donors (Lipinski definition) is 0. The molecular weight excluding hydrogens is 241 g/mol. The first-order valence-corrected chi connectivity index (χ1v) is 6.20. The topological polar surface area (TPSA) is 17.1 Å². The molecule has 0 atom stereocenters. The molecule has 0 radical (unpaired) electrons. The van der Waals surface area contributed by atoms with E-state index in [1.54, 1.807) is 0 Å². The average Bonchev–Trinajstić information content (AvgIpc) is 2.67. The number of unbranched alkanes of at least 4 members (excludes halogenated alkanes) is 1. The molecular formula is C14H15F3O. The summed E-state index contributed by atoms with van der Waals surface area (Å²) in [5.74, 6) is -0.0310. The Morgan fingerprint density at radius 2 is 1.94 bits per heavy atom. The molecule has 0 amide bonds. The summed E-state index contributed by atoms with van der Waals surface area (Å²) < 4.78 is 38.9. The molecule has 0 aromatic heterocycles. The van der Waals surface area contributed by atoms with Gasteiger partial charge in [0.15, 0.2) is 5.78 Å². The first-order valence-electron chi connectivity index (χ1n) is 6.20. The lowest BCUT2D eigenvalue weighted by Crippen LogP contribution is -2.12.